The molecule has 0 heterocycles. The highest BCUT2D eigenvalue weighted by atomic mass is 15.2. The van der Waals surface area contributed by atoms with Crippen LogP contribution in [0.5, 0.6) is 0 Å². The fraction of sp³-hybridized carbons (Fsp3) is 0.434. The van der Waals surface area contributed by atoms with E-state index in [4.69, 9.17) is 5.73 Å². The zero-order valence-electron chi connectivity index (χ0n) is 39.5. The minimum atomic E-state index is 0.893. The van der Waals surface area contributed by atoms with Gasteiger partial charge >= 0.3 is 0 Å². The van der Waals surface area contributed by atoms with Crippen LogP contribution < -0.4 is 15.5 Å². The summed E-state index contributed by atoms with van der Waals surface area (Å²) in [6, 6.07) is 0. The summed E-state index contributed by atoms with van der Waals surface area (Å²) in [6.45, 7) is 53.0. The normalized spacial score (nSPS) is 11.6. The second-order valence-electron chi connectivity index (χ2n) is 17.6. The molecule has 5 aromatic rings. The number of hydrogen-bond donors (Lipinski definition) is 1. The summed E-state index contributed by atoms with van der Waals surface area (Å²) in [6.07, 6.45) is 0. The summed E-state index contributed by atoms with van der Waals surface area (Å²) in [5, 5.41) is 0. The quantitative estimate of drug-likeness (QED) is 0.175. The van der Waals surface area contributed by atoms with Crippen LogP contribution in [0.4, 0.5) is 39.8 Å². The minimum absolute atomic E-state index is 0.893. The molecule has 0 aliphatic rings. The molecule has 0 saturated heterocycles. The van der Waals surface area contributed by atoms with E-state index in [1.54, 1.807) is 0 Å². The Kier molecular flexibility index (Phi) is 11.3. The van der Waals surface area contributed by atoms with E-state index >= 15 is 0 Å². The van der Waals surface area contributed by atoms with Gasteiger partial charge in [-0.3, -0.25) is 0 Å². The van der Waals surface area contributed by atoms with Crippen molar-refractivity contribution < 1.29 is 0 Å². The Labute approximate surface area is 341 Å². The molecule has 5 aromatic carbocycles. The molecule has 3 nitrogen and oxygen atoms in total. The SMILES string of the molecule is Cc1c(C)c(C)c(N(c2c(C)c(C)c(C)c(C)c2C)c2c(C)c(C)c(N(c3c(C)c(C)c(C)c(C)c3C)c3c(C)c(C)c(N)c(C)c3C)c(C)c2C)c(C)c1C. The number of nitrogens with two attached hydrogens (primary N) is 1. The lowest BCUT2D eigenvalue weighted by molar-refractivity contribution is 1.06. The van der Waals surface area contributed by atoms with Gasteiger partial charge in [-0.25, -0.2) is 0 Å². The Morgan fingerprint density at radius 1 is 0.179 bits per heavy atom. The third kappa shape index (κ3) is 5.98. The molecule has 0 bridgehead atoms. The van der Waals surface area contributed by atoms with Crippen LogP contribution in [0.2, 0.25) is 0 Å². The molecule has 0 unspecified atom stereocenters. The molecule has 0 aliphatic carbocycles. The first kappa shape index (κ1) is 42.6. The zero-order valence-corrected chi connectivity index (χ0v) is 39.5. The summed E-state index contributed by atoms with van der Waals surface area (Å²) in [5.41, 5.74) is 45.7. The predicted molar refractivity (Wildman–Crippen MR) is 249 cm³/mol. The first-order chi connectivity index (χ1) is 25.9. The molecule has 0 amide bonds. The fourth-order valence-electron chi connectivity index (χ4n) is 9.72. The number of nitrogens with zero attached hydrogens (tertiary/aromatic N) is 2. The van der Waals surface area contributed by atoms with Gasteiger partial charge in [0.15, 0.2) is 0 Å². The lowest BCUT2D eigenvalue weighted by atomic mass is 9.86. The van der Waals surface area contributed by atoms with Crippen LogP contribution in [0.3, 0.4) is 0 Å². The van der Waals surface area contributed by atoms with Gasteiger partial charge in [0.25, 0.3) is 0 Å². The maximum Gasteiger partial charge on any atom is 0.0527 e. The maximum absolute atomic E-state index is 6.82. The van der Waals surface area contributed by atoms with Crippen molar-refractivity contribution in [3.63, 3.8) is 0 Å². The van der Waals surface area contributed by atoms with Gasteiger partial charge in [0.2, 0.25) is 0 Å². The molecular formula is C53H71N3. The molecule has 0 atom stereocenters. The second-order valence-corrected chi connectivity index (χ2v) is 17.6. The number of nitrogen functional groups attached to an aromatic ring is 1. The van der Waals surface area contributed by atoms with Gasteiger partial charge in [-0.15, -0.1) is 0 Å². The molecule has 0 fully saturated rings. The Bertz CT molecular complexity index is 2050. The van der Waals surface area contributed by atoms with Crippen molar-refractivity contribution in [1.29, 1.82) is 0 Å². The number of rotatable bonds is 6. The second kappa shape index (κ2) is 14.8. The number of hydrogen-bond acceptors (Lipinski definition) is 3. The van der Waals surface area contributed by atoms with Crippen molar-refractivity contribution in [3.8, 4) is 0 Å². The average molecular weight is 750 g/mol. The van der Waals surface area contributed by atoms with Gasteiger partial charge in [0, 0.05) is 5.69 Å². The summed E-state index contributed by atoms with van der Waals surface area (Å²) in [4.78, 5) is 5.32. The monoisotopic (exact) mass is 750 g/mol. The van der Waals surface area contributed by atoms with E-state index in [2.05, 4.69) is 169 Å². The molecule has 56 heavy (non-hydrogen) atoms. The molecule has 298 valence electrons. The van der Waals surface area contributed by atoms with Crippen molar-refractivity contribution in [2.75, 3.05) is 15.5 Å². The first-order valence-corrected chi connectivity index (χ1v) is 20.6. The van der Waals surface area contributed by atoms with E-state index in [0.29, 0.717) is 0 Å². The van der Waals surface area contributed by atoms with Crippen LogP contribution in [0.1, 0.15) is 128 Å². The first-order valence-electron chi connectivity index (χ1n) is 20.6. The van der Waals surface area contributed by atoms with E-state index in [1.165, 1.54) is 151 Å². The molecule has 0 saturated carbocycles. The number of anilines is 7. The van der Waals surface area contributed by atoms with Crippen LogP contribution >= 0.6 is 0 Å². The summed E-state index contributed by atoms with van der Waals surface area (Å²) in [7, 11) is 0. The van der Waals surface area contributed by atoms with Gasteiger partial charge in [-0.1, -0.05) is 0 Å². The van der Waals surface area contributed by atoms with E-state index in [-0.39, 0.29) is 0 Å². The van der Waals surface area contributed by atoms with E-state index < -0.39 is 0 Å². The average Bonchev–Trinajstić information content (AvgIpc) is 3.16. The highest BCUT2D eigenvalue weighted by molar-refractivity contribution is 5.95. The van der Waals surface area contributed by atoms with Crippen molar-refractivity contribution >= 4 is 39.8 Å². The zero-order chi connectivity index (χ0) is 42.5. The van der Waals surface area contributed by atoms with Crippen LogP contribution in [0, 0.1) is 159 Å². The van der Waals surface area contributed by atoms with E-state index in [9.17, 15) is 0 Å². The van der Waals surface area contributed by atoms with Gasteiger partial charge in [0.05, 0.1) is 34.1 Å². The molecule has 0 aliphatic heterocycles. The smallest absolute Gasteiger partial charge is 0.0527 e. The highest BCUT2D eigenvalue weighted by Gasteiger charge is 2.33. The Balaban J connectivity index is 2.07. The molecule has 5 rings (SSSR count). The molecule has 0 spiro atoms. The van der Waals surface area contributed by atoms with E-state index in [0.717, 1.165) is 16.8 Å². The molecular weight excluding hydrogens is 679 g/mol. The predicted octanol–water partition coefficient (Wildman–Crippen LogP) is 15.3. The summed E-state index contributed by atoms with van der Waals surface area (Å²) >= 11 is 0. The van der Waals surface area contributed by atoms with Crippen LogP contribution in [0.25, 0.3) is 0 Å². The molecule has 0 aromatic heterocycles. The third-order valence-corrected chi connectivity index (χ3v) is 15.4. The van der Waals surface area contributed by atoms with Crippen LogP contribution in [-0.2, 0) is 0 Å². The molecule has 2 N–H and O–H groups in total. The van der Waals surface area contributed by atoms with Gasteiger partial charge < -0.3 is 15.5 Å². The fourth-order valence-corrected chi connectivity index (χ4v) is 9.72. The molecule has 0 radical (unpaired) electrons. The Morgan fingerprint density at radius 2 is 0.286 bits per heavy atom. The molecule has 3 heteroatoms. The van der Waals surface area contributed by atoms with Crippen LogP contribution in [-0.4, -0.2) is 0 Å². The highest BCUT2D eigenvalue weighted by Crippen LogP contribution is 2.54. The van der Waals surface area contributed by atoms with Gasteiger partial charge in [-0.2, -0.15) is 0 Å². The number of benzene rings is 5. The van der Waals surface area contributed by atoms with E-state index in [1.807, 2.05) is 0 Å². The van der Waals surface area contributed by atoms with Crippen molar-refractivity contribution in [2.24, 2.45) is 0 Å². The Morgan fingerprint density at radius 3 is 0.446 bits per heavy atom. The lowest BCUT2D eigenvalue weighted by Crippen LogP contribution is -2.24. The van der Waals surface area contributed by atoms with Gasteiger partial charge in [-0.05, 0) is 287 Å². The van der Waals surface area contributed by atoms with Crippen molar-refractivity contribution in [2.45, 2.75) is 159 Å². The summed E-state index contributed by atoms with van der Waals surface area (Å²) in [5.74, 6) is 0. The topological polar surface area (TPSA) is 32.5 Å². The standard InChI is InChI=1S/C53H71N3/c1-24-27(4)35(12)48(36(13)28(24)5)55(49-37(14)29(6)25(2)30(7)38(49)15)52-43(20)45(22)53(46(23)44(52)21)56(50-39(16)31(8)26(3)32(9)40(50)17)51-41(18)33(10)47(54)34(11)42(51)19/h54H2,1-23H3. The third-order valence-electron chi connectivity index (χ3n) is 15.4. The Hall–Kier alpha value is -4.50. The van der Waals surface area contributed by atoms with Crippen LogP contribution in [0.15, 0.2) is 0 Å². The largest absolute Gasteiger partial charge is 0.398 e. The summed E-state index contributed by atoms with van der Waals surface area (Å²) < 4.78 is 0. The minimum Gasteiger partial charge on any atom is -0.398 e. The lowest BCUT2D eigenvalue weighted by Gasteiger charge is -2.40. The van der Waals surface area contributed by atoms with Gasteiger partial charge in [0.1, 0.15) is 0 Å². The van der Waals surface area contributed by atoms with Crippen molar-refractivity contribution in [1.82, 2.24) is 0 Å². The van der Waals surface area contributed by atoms with Crippen molar-refractivity contribution in [3.05, 3.63) is 128 Å². The maximum atomic E-state index is 6.82.